The Hall–Kier alpha value is -4.94. The second-order valence-corrected chi connectivity index (χ2v) is 15.2. The largest absolute Gasteiger partial charge is 0.480 e. The van der Waals surface area contributed by atoms with Crippen molar-refractivity contribution in [2.75, 3.05) is 19.6 Å². The number of hydroxylamine groups is 1. The standard InChI is InChI=1S/C37H59N7O12/c1-9-21(8)29(32(51)39-18-27(48)44-56-35(55)36(10-2,11-3)34(53)54)42-30(49)23(16-19(4)5)41-26(47)17-38-31(50)28(20(6)7)43-33(52)37-22(14-15-40-37)24(45)12-13-25(37)46/h19-23,28-29,40H,9-18H2,1-8H3,(H,38,50)(H,39,51)(H,41,47)(H,42,49)(H,43,52)(H,44,48)(H,53,54)/t21-,22?,23-,28-,29-,37+/m0/s1. The molecule has 2 rings (SSSR count). The molecule has 0 aromatic carbocycles. The Bertz CT molecular complexity index is 1530. The van der Waals surface area contributed by atoms with Crippen molar-refractivity contribution in [2.24, 2.45) is 29.1 Å². The predicted octanol–water partition coefficient (Wildman–Crippen LogP) is -0.833. The number of carboxylic acid groups (broad SMARTS) is 1. The van der Waals surface area contributed by atoms with Crippen LogP contribution in [0.25, 0.3) is 0 Å². The number of carboxylic acids is 1. The van der Waals surface area contributed by atoms with E-state index in [1.807, 2.05) is 19.3 Å². The van der Waals surface area contributed by atoms with Gasteiger partial charge in [0, 0.05) is 12.8 Å². The van der Waals surface area contributed by atoms with Gasteiger partial charge in [-0.05, 0) is 50.0 Å². The lowest BCUT2D eigenvalue weighted by Crippen LogP contribution is -2.68. The van der Waals surface area contributed by atoms with Gasteiger partial charge in [-0.2, -0.15) is 5.48 Å². The van der Waals surface area contributed by atoms with Crippen molar-refractivity contribution in [2.45, 2.75) is 124 Å². The second-order valence-electron chi connectivity index (χ2n) is 15.2. The zero-order valence-electron chi connectivity index (χ0n) is 33.6. The van der Waals surface area contributed by atoms with Crippen molar-refractivity contribution in [3.05, 3.63) is 0 Å². The van der Waals surface area contributed by atoms with E-state index in [-0.39, 0.29) is 50.4 Å². The number of Topliss-reactive ketones (excluding diaryl/α,β-unsaturated/α-hetero) is 2. The lowest BCUT2D eigenvalue weighted by Gasteiger charge is -2.36. The first-order valence-corrected chi connectivity index (χ1v) is 19.2. The molecule has 1 aliphatic heterocycles. The number of nitrogens with one attached hydrogen (secondary N) is 7. The van der Waals surface area contributed by atoms with Crippen LogP contribution in [0.15, 0.2) is 0 Å². The van der Waals surface area contributed by atoms with E-state index in [0.29, 0.717) is 12.8 Å². The van der Waals surface area contributed by atoms with Crippen molar-refractivity contribution >= 4 is 58.9 Å². The minimum absolute atomic E-state index is 0.0567. The van der Waals surface area contributed by atoms with Crippen LogP contribution in [0, 0.1) is 29.1 Å². The van der Waals surface area contributed by atoms with E-state index in [2.05, 4.69) is 31.9 Å². The molecular formula is C37H59N7O12. The maximum Gasteiger partial charge on any atom is 0.349 e. The van der Waals surface area contributed by atoms with Crippen LogP contribution in [0.5, 0.6) is 0 Å². The summed E-state index contributed by atoms with van der Waals surface area (Å²) in [7, 11) is 0. The summed E-state index contributed by atoms with van der Waals surface area (Å²) in [5, 5.41) is 25.0. The van der Waals surface area contributed by atoms with Crippen LogP contribution in [0.3, 0.4) is 0 Å². The molecule has 1 aliphatic carbocycles. The smallest absolute Gasteiger partial charge is 0.349 e. The summed E-state index contributed by atoms with van der Waals surface area (Å²) < 4.78 is 0. The molecule has 1 heterocycles. The van der Waals surface area contributed by atoms with Crippen molar-refractivity contribution in [3.63, 3.8) is 0 Å². The molecule has 314 valence electrons. The summed E-state index contributed by atoms with van der Waals surface area (Å²) >= 11 is 0. The zero-order chi connectivity index (χ0) is 42.5. The maximum absolute atomic E-state index is 13.5. The molecule has 19 nitrogen and oxygen atoms in total. The highest BCUT2D eigenvalue weighted by Crippen LogP contribution is 2.36. The van der Waals surface area contributed by atoms with E-state index >= 15 is 0 Å². The van der Waals surface area contributed by atoms with Crippen molar-refractivity contribution in [1.29, 1.82) is 0 Å². The van der Waals surface area contributed by atoms with Crippen LogP contribution in [-0.2, 0) is 52.8 Å². The van der Waals surface area contributed by atoms with Crippen LogP contribution in [0.1, 0.15) is 100 Å². The third-order valence-corrected chi connectivity index (χ3v) is 10.6. The third-order valence-electron chi connectivity index (χ3n) is 10.6. The van der Waals surface area contributed by atoms with E-state index in [0.717, 1.165) is 0 Å². The molecule has 19 heteroatoms. The molecule has 0 bridgehead atoms. The number of aliphatic carboxylic acids is 1. The summed E-state index contributed by atoms with van der Waals surface area (Å²) in [5.41, 5.74) is -1.77. The average Bonchev–Trinajstić information content (AvgIpc) is 3.62. The van der Waals surface area contributed by atoms with E-state index in [4.69, 9.17) is 4.84 Å². The van der Waals surface area contributed by atoms with Gasteiger partial charge in [-0.3, -0.25) is 48.5 Å². The molecule has 0 radical (unpaired) electrons. The molecule has 1 saturated heterocycles. The van der Waals surface area contributed by atoms with Gasteiger partial charge in [-0.1, -0.05) is 61.8 Å². The molecule has 1 saturated carbocycles. The topological polar surface area (TPSA) is 284 Å². The molecule has 56 heavy (non-hydrogen) atoms. The number of hydrogen-bond donors (Lipinski definition) is 8. The van der Waals surface area contributed by atoms with Gasteiger partial charge in [0.1, 0.15) is 23.9 Å². The highest BCUT2D eigenvalue weighted by Gasteiger charge is 2.59. The molecule has 0 aromatic rings. The van der Waals surface area contributed by atoms with Crippen LogP contribution in [0.4, 0.5) is 0 Å². The van der Waals surface area contributed by atoms with E-state index in [1.165, 1.54) is 13.8 Å². The highest BCUT2D eigenvalue weighted by atomic mass is 16.7. The third kappa shape index (κ3) is 11.3. The summed E-state index contributed by atoms with van der Waals surface area (Å²) in [4.78, 5) is 133. The molecule has 0 aromatic heterocycles. The predicted molar refractivity (Wildman–Crippen MR) is 199 cm³/mol. The molecule has 6 amide bonds. The van der Waals surface area contributed by atoms with Crippen molar-refractivity contribution in [1.82, 2.24) is 37.4 Å². The monoisotopic (exact) mass is 793 g/mol. The fraction of sp³-hybridized carbons (Fsp3) is 0.730. The number of hydrogen-bond acceptors (Lipinski definition) is 12. The first kappa shape index (κ1) is 47.2. The average molecular weight is 794 g/mol. The number of fused-ring (bicyclic) bond motifs is 1. The zero-order valence-corrected chi connectivity index (χ0v) is 33.6. The van der Waals surface area contributed by atoms with E-state index in [1.54, 1.807) is 27.7 Å². The first-order chi connectivity index (χ1) is 26.2. The fourth-order valence-electron chi connectivity index (χ4n) is 6.84. The van der Waals surface area contributed by atoms with Gasteiger partial charge in [0.2, 0.25) is 29.5 Å². The van der Waals surface area contributed by atoms with Crippen molar-refractivity contribution < 1.29 is 57.9 Å². The molecule has 0 spiro atoms. The maximum atomic E-state index is 13.5. The minimum atomic E-state index is -1.86. The van der Waals surface area contributed by atoms with Gasteiger partial charge >= 0.3 is 11.9 Å². The Labute approximate surface area is 326 Å². The van der Waals surface area contributed by atoms with E-state index in [9.17, 15) is 53.1 Å². The van der Waals surface area contributed by atoms with Crippen LogP contribution < -0.4 is 37.4 Å². The van der Waals surface area contributed by atoms with Gasteiger partial charge in [0.05, 0.1) is 19.0 Å². The van der Waals surface area contributed by atoms with E-state index < -0.39 is 113 Å². The molecule has 8 N–H and O–H groups in total. The summed E-state index contributed by atoms with van der Waals surface area (Å²) in [6.07, 6.45) is 0.692. The Kier molecular flexibility index (Phi) is 17.6. The van der Waals surface area contributed by atoms with Gasteiger partial charge in [-0.15, -0.1) is 0 Å². The highest BCUT2D eigenvalue weighted by molar-refractivity contribution is 6.18. The SMILES string of the molecule is CC[C@H](C)[C@H](NC(=O)[C@H](CC(C)C)NC(=O)CNC(=O)[C@@H](NC(=O)[C@@]12NCCC1C(=O)CCC2=O)C(C)C)C(=O)NCC(=O)NOC(=O)C(CC)(CC)C(=O)O. The lowest BCUT2D eigenvalue weighted by atomic mass is 9.71. The lowest BCUT2D eigenvalue weighted by molar-refractivity contribution is -0.177. The quantitative estimate of drug-likeness (QED) is 0.0553. The number of amides is 6. The normalized spacial score (nSPS) is 20.1. The molecule has 2 fully saturated rings. The molecule has 6 atom stereocenters. The summed E-state index contributed by atoms with van der Waals surface area (Å²) in [6.45, 7) is 12.4. The second kappa shape index (κ2) is 20.8. The Morgan fingerprint density at radius 3 is 1.95 bits per heavy atom. The first-order valence-electron chi connectivity index (χ1n) is 19.2. The molecular weight excluding hydrogens is 734 g/mol. The Morgan fingerprint density at radius 2 is 1.41 bits per heavy atom. The number of carbonyl (C=O) groups is 10. The Balaban J connectivity index is 2.05. The van der Waals surface area contributed by atoms with Gasteiger partial charge in [0.25, 0.3) is 5.91 Å². The van der Waals surface area contributed by atoms with Gasteiger partial charge in [0.15, 0.2) is 16.7 Å². The fourth-order valence-corrected chi connectivity index (χ4v) is 6.84. The van der Waals surface area contributed by atoms with Crippen molar-refractivity contribution in [3.8, 4) is 0 Å². The summed E-state index contributed by atoms with van der Waals surface area (Å²) in [5.74, 6) is -9.72. The number of carbonyl (C=O) groups excluding carboxylic acids is 9. The molecule has 1 unspecified atom stereocenters. The van der Waals surface area contributed by atoms with Crippen LogP contribution in [-0.4, -0.2) is 107 Å². The van der Waals surface area contributed by atoms with Gasteiger partial charge in [-0.25, -0.2) is 4.79 Å². The van der Waals surface area contributed by atoms with Gasteiger partial charge < -0.3 is 36.5 Å². The number of rotatable bonds is 20. The van der Waals surface area contributed by atoms with Crippen LogP contribution in [0.2, 0.25) is 0 Å². The molecule has 2 aliphatic rings. The Morgan fingerprint density at radius 1 is 0.821 bits per heavy atom. The van der Waals surface area contributed by atoms with Crippen LogP contribution >= 0.6 is 0 Å². The summed E-state index contributed by atoms with van der Waals surface area (Å²) in [6, 6.07) is -3.47. The minimum Gasteiger partial charge on any atom is -0.480 e. The number of ketones is 2.